The zero-order valence-corrected chi connectivity index (χ0v) is 10.4. The van der Waals surface area contributed by atoms with Gasteiger partial charge in [-0.15, -0.1) is 0 Å². The second-order valence-electron chi connectivity index (χ2n) is 4.44. The van der Waals surface area contributed by atoms with Crippen molar-refractivity contribution in [2.24, 2.45) is 0 Å². The van der Waals surface area contributed by atoms with Crippen molar-refractivity contribution in [2.45, 2.75) is 6.42 Å². The largest absolute Gasteiger partial charge is 0.481 e. The first-order chi connectivity index (χ1) is 9.65. The molecule has 0 unspecified atom stereocenters. The maximum Gasteiger partial charge on any atom is 0.311 e. The average Bonchev–Trinajstić information content (AvgIpc) is 3.04. The number of carboxylic acids is 1. The second kappa shape index (κ2) is 4.70. The molecule has 0 bridgehead atoms. The average molecular weight is 269 g/mol. The molecule has 2 heterocycles. The standard InChI is InChI=1S/C15H11NO4/c17-13(6-15(18)19)14-5-9(8-20-14)11-7-16-12-4-2-1-3-10(11)12/h1-5,7-8,16H,6H2,(H,18,19). The first kappa shape index (κ1) is 12.2. The molecule has 0 amide bonds. The van der Waals surface area contributed by atoms with Crippen LogP contribution in [-0.2, 0) is 4.79 Å². The lowest BCUT2D eigenvalue weighted by Crippen LogP contribution is -2.05. The number of hydrogen-bond acceptors (Lipinski definition) is 3. The van der Waals surface area contributed by atoms with Gasteiger partial charge in [0.05, 0.1) is 6.26 Å². The van der Waals surface area contributed by atoms with Gasteiger partial charge in [-0.25, -0.2) is 0 Å². The van der Waals surface area contributed by atoms with E-state index in [2.05, 4.69) is 4.98 Å². The van der Waals surface area contributed by atoms with Gasteiger partial charge in [0, 0.05) is 28.2 Å². The third-order valence-electron chi connectivity index (χ3n) is 3.09. The van der Waals surface area contributed by atoms with Crippen LogP contribution >= 0.6 is 0 Å². The van der Waals surface area contributed by atoms with Crippen LogP contribution < -0.4 is 0 Å². The van der Waals surface area contributed by atoms with E-state index in [0.29, 0.717) is 0 Å². The molecule has 3 rings (SSSR count). The summed E-state index contributed by atoms with van der Waals surface area (Å²) in [5.74, 6) is -1.64. The number of hydrogen-bond donors (Lipinski definition) is 2. The lowest BCUT2D eigenvalue weighted by atomic mass is 10.1. The number of Topliss-reactive ketones (excluding diaryl/α,β-unsaturated/α-hetero) is 1. The van der Waals surface area contributed by atoms with Crippen molar-refractivity contribution < 1.29 is 19.1 Å². The van der Waals surface area contributed by atoms with Crippen LogP contribution in [-0.4, -0.2) is 21.8 Å². The molecule has 2 N–H and O–H groups in total. The highest BCUT2D eigenvalue weighted by Crippen LogP contribution is 2.30. The Kier molecular flexibility index (Phi) is 2.87. The molecule has 0 saturated heterocycles. The number of aromatic nitrogens is 1. The number of aliphatic carboxylic acids is 1. The van der Waals surface area contributed by atoms with Gasteiger partial charge in [-0.3, -0.25) is 9.59 Å². The summed E-state index contributed by atoms with van der Waals surface area (Å²) < 4.78 is 5.17. The van der Waals surface area contributed by atoms with E-state index < -0.39 is 18.2 Å². The van der Waals surface area contributed by atoms with Crippen LogP contribution in [0.2, 0.25) is 0 Å². The number of carboxylic acid groups (broad SMARTS) is 1. The van der Waals surface area contributed by atoms with Gasteiger partial charge < -0.3 is 14.5 Å². The van der Waals surface area contributed by atoms with Crippen molar-refractivity contribution in [3.8, 4) is 11.1 Å². The molecule has 2 aromatic heterocycles. The van der Waals surface area contributed by atoms with Crippen molar-refractivity contribution >= 4 is 22.7 Å². The van der Waals surface area contributed by atoms with Crippen LogP contribution in [0.15, 0.2) is 47.2 Å². The molecule has 20 heavy (non-hydrogen) atoms. The maximum atomic E-state index is 11.6. The van der Waals surface area contributed by atoms with Gasteiger partial charge in [0.25, 0.3) is 0 Å². The Bertz CT molecular complexity index is 797. The zero-order chi connectivity index (χ0) is 14.1. The Morgan fingerprint density at radius 3 is 2.85 bits per heavy atom. The third-order valence-corrected chi connectivity index (χ3v) is 3.09. The van der Waals surface area contributed by atoms with Crippen molar-refractivity contribution in [3.63, 3.8) is 0 Å². The van der Waals surface area contributed by atoms with Crippen LogP contribution in [0.25, 0.3) is 22.0 Å². The van der Waals surface area contributed by atoms with Crippen molar-refractivity contribution in [1.82, 2.24) is 4.98 Å². The number of nitrogens with one attached hydrogen (secondary N) is 1. The summed E-state index contributed by atoms with van der Waals surface area (Å²) in [7, 11) is 0. The van der Waals surface area contributed by atoms with Crippen LogP contribution in [0.5, 0.6) is 0 Å². The zero-order valence-electron chi connectivity index (χ0n) is 10.4. The summed E-state index contributed by atoms with van der Waals surface area (Å²) in [5.41, 5.74) is 2.65. The second-order valence-corrected chi connectivity index (χ2v) is 4.44. The highest BCUT2D eigenvalue weighted by atomic mass is 16.4. The molecule has 0 atom stereocenters. The number of rotatable bonds is 4. The van der Waals surface area contributed by atoms with Crippen molar-refractivity contribution in [1.29, 1.82) is 0 Å². The van der Waals surface area contributed by atoms with E-state index in [9.17, 15) is 9.59 Å². The number of fused-ring (bicyclic) bond motifs is 1. The lowest BCUT2D eigenvalue weighted by molar-refractivity contribution is -0.135. The number of aromatic amines is 1. The summed E-state index contributed by atoms with van der Waals surface area (Å²) in [5, 5.41) is 9.63. The number of benzene rings is 1. The molecule has 5 nitrogen and oxygen atoms in total. The minimum absolute atomic E-state index is 0.0627. The van der Waals surface area contributed by atoms with E-state index in [4.69, 9.17) is 9.52 Å². The van der Waals surface area contributed by atoms with Gasteiger partial charge in [0.15, 0.2) is 5.76 Å². The molecule has 5 heteroatoms. The van der Waals surface area contributed by atoms with Crippen molar-refractivity contribution in [3.05, 3.63) is 48.6 Å². The van der Waals surface area contributed by atoms with Gasteiger partial charge in [-0.2, -0.15) is 0 Å². The first-order valence-corrected chi connectivity index (χ1v) is 6.05. The Balaban J connectivity index is 1.98. The molecule has 0 radical (unpaired) electrons. The SMILES string of the molecule is O=C(O)CC(=O)c1cc(-c2c[nH]c3ccccc23)co1. The van der Waals surface area contributed by atoms with Gasteiger partial charge in [0.2, 0.25) is 5.78 Å². The molecule has 0 fully saturated rings. The Labute approximate surface area is 113 Å². The molecular formula is C15H11NO4. The van der Waals surface area contributed by atoms with E-state index in [-0.39, 0.29) is 5.76 Å². The van der Waals surface area contributed by atoms with E-state index in [1.54, 1.807) is 6.07 Å². The van der Waals surface area contributed by atoms with Crippen molar-refractivity contribution in [2.75, 3.05) is 0 Å². The van der Waals surface area contributed by atoms with Crippen LogP contribution in [0.3, 0.4) is 0 Å². The Morgan fingerprint density at radius 2 is 2.05 bits per heavy atom. The van der Waals surface area contributed by atoms with Crippen LogP contribution in [0.1, 0.15) is 17.0 Å². The molecular weight excluding hydrogens is 258 g/mol. The summed E-state index contributed by atoms with van der Waals surface area (Å²) >= 11 is 0. The number of para-hydroxylation sites is 1. The number of carbonyl (C=O) groups excluding carboxylic acids is 1. The fourth-order valence-electron chi connectivity index (χ4n) is 2.16. The lowest BCUT2D eigenvalue weighted by Gasteiger charge is -1.93. The molecule has 3 aromatic rings. The molecule has 0 aliphatic heterocycles. The highest BCUT2D eigenvalue weighted by molar-refractivity contribution is 6.05. The minimum atomic E-state index is -1.17. The fourth-order valence-corrected chi connectivity index (χ4v) is 2.16. The number of ketones is 1. The maximum absolute atomic E-state index is 11.6. The highest BCUT2D eigenvalue weighted by Gasteiger charge is 2.16. The van der Waals surface area contributed by atoms with Crippen LogP contribution in [0, 0.1) is 0 Å². The number of H-pyrrole nitrogens is 1. The van der Waals surface area contributed by atoms with E-state index in [1.165, 1.54) is 6.26 Å². The summed E-state index contributed by atoms with van der Waals surface area (Å²) in [6, 6.07) is 9.35. The smallest absolute Gasteiger partial charge is 0.311 e. The van der Waals surface area contributed by atoms with E-state index in [1.807, 2.05) is 30.5 Å². The predicted molar refractivity (Wildman–Crippen MR) is 72.6 cm³/mol. The van der Waals surface area contributed by atoms with Gasteiger partial charge in [0.1, 0.15) is 6.42 Å². The Hall–Kier alpha value is -2.82. The normalized spacial score (nSPS) is 10.8. The quantitative estimate of drug-likeness (QED) is 0.563. The predicted octanol–water partition coefficient (Wildman–Crippen LogP) is 3.09. The van der Waals surface area contributed by atoms with Gasteiger partial charge >= 0.3 is 5.97 Å². The summed E-state index contributed by atoms with van der Waals surface area (Å²) in [4.78, 5) is 25.3. The first-order valence-electron chi connectivity index (χ1n) is 6.05. The van der Waals surface area contributed by atoms with Crippen LogP contribution in [0.4, 0.5) is 0 Å². The molecule has 0 spiro atoms. The van der Waals surface area contributed by atoms with E-state index in [0.717, 1.165) is 22.0 Å². The number of furan rings is 1. The fraction of sp³-hybridized carbons (Fsp3) is 0.0667. The summed E-state index contributed by atoms with van der Waals surface area (Å²) in [6.45, 7) is 0. The monoisotopic (exact) mass is 269 g/mol. The topological polar surface area (TPSA) is 83.3 Å². The van der Waals surface area contributed by atoms with Gasteiger partial charge in [-0.1, -0.05) is 18.2 Å². The number of carbonyl (C=O) groups is 2. The Morgan fingerprint density at radius 1 is 1.25 bits per heavy atom. The van der Waals surface area contributed by atoms with E-state index >= 15 is 0 Å². The molecule has 1 aromatic carbocycles. The molecule has 0 aliphatic rings. The minimum Gasteiger partial charge on any atom is -0.481 e. The van der Waals surface area contributed by atoms with Gasteiger partial charge in [-0.05, 0) is 12.1 Å². The molecule has 100 valence electrons. The molecule has 0 saturated carbocycles. The third kappa shape index (κ3) is 2.09. The molecule has 0 aliphatic carbocycles. The summed E-state index contributed by atoms with van der Waals surface area (Å²) in [6.07, 6.45) is 2.73.